The van der Waals surface area contributed by atoms with E-state index >= 15 is 0 Å². The first kappa shape index (κ1) is 12.4. The third-order valence-electron chi connectivity index (χ3n) is 2.40. The standard InChI is InChI=1S/C12H13ClN2OS/c13-10-2-1-3-11(16)9(10)8-14-5-4-12-15-6-7-17-12/h1-3,6-7,14,16H,4-5,8H2. The van der Waals surface area contributed by atoms with Crippen molar-refractivity contribution < 1.29 is 5.11 Å². The number of nitrogens with one attached hydrogen (secondary N) is 1. The maximum absolute atomic E-state index is 9.64. The second-order valence-corrected chi connectivity index (χ2v) is 4.98. The van der Waals surface area contributed by atoms with Gasteiger partial charge in [0, 0.05) is 41.7 Å². The Morgan fingerprint density at radius 1 is 1.41 bits per heavy atom. The number of benzene rings is 1. The van der Waals surface area contributed by atoms with Crippen molar-refractivity contribution in [3.05, 3.63) is 45.4 Å². The zero-order valence-corrected chi connectivity index (χ0v) is 10.8. The summed E-state index contributed by atoms with van der Waals surface area (Å²) in [5, 5.41) is 16.6. The lowest BCUT2D eigenvalue weighted by atomic mass is 10.2. The van der Waals surface area contributed by atoms with E-state index in [-0.39, 0.29) is 5.75 Å². The molecule has 3 nitrogen and oxygen atoms in total. The number of phenolic OH excluding ortho intramolecular Hbond substituents is 1. The lowest BCUT2D eigenvalue weighted by molar-refractivity contribution is 0.464. The highest BCUT2D eigenvalue weighted by Gasteiger charge is 2.05. The molecule has 1 aromatic carbocycles. The number of hydrogen-bond donors (Lipinski definition) is 2. The average molecular weight is 269 g/mol. The summed E-state index contributed by atoms with van der Waals surface area (Å²) in [5.74, 6) is 0.235. The van der Waals surface area contributed by atoms with Crippen molar-refractivity contribution in [2.75, 3.05) is 6.54 Å². The summed E-state index contributed by atoms with van der Waals surface area (Å²) >= 11 is 7.65. The van der Waals surface area contributed by atoms with Crippen LogP contribution in [0.2, 0.25) is 5.02 Å². The van der Waals surface area contributed by atoms with Crippen molar-refractivity contribution in [3.8, 4) is 5.75 Å². The summed E-state index contributed by atoms with van der Waals surface area (Å²) in [4.78, 5) is 4.20. The lowest BCUT2D eigenvalue weighted by Crippen LogP contribution is -2.16. The molecule has 0 bridgehead atoms. The van der Waals surface area contributed by atoms with Crippen LogP contribution < -0.4 is 5.32 Å². The molecule has 90 valence electrons. The minimum Gasteiger partial charge on any atom is -0.508 e. The first-order chi connectivity index (χ1) is 8.27. The van der Waals surface area contributed by atoms with Crippen LogP contribution in [0, 0.1) is 0 Å². The molecule has 5 heteroatoms. The Balaban J connectivity index is 1.82. The Morgan fingerprint density at radius 3 is 3.00 bits per heavy atom. The van der Waals surface area contributed by atoms with Gasteiger partial charge in [-0.3, -0.25) is 0 Å². The smallest absolute Gasteiger partial charge is 0.121 e. The second-order valence-electron chi connectivity index (χ2n) is 3.59. The van der Waals surface area contributed by atoms with Crippen LogP contribution in [-0.2, 0) is 13.0 Å². The van der Waals surface area contributed by atoms with E-state index in [1.54, 1.807) is 35.7 Å². The summed E-state index contributed by atoms with van der Waals surface area (Å²) in [6.45, 7) is 1.38. The van der Waals surface area contributed by atoms with E-state index in [9.17, 15) is 5.11 Å². The Kier molecular flexibility index (Phi) is 4.36. The van der Waals surface area contributed by atoms with E-state index in [2.05, 4.69) is 10.3 Å². The van der Waals surface area contributed by atoms with E-state index in [4.69, 9.17) is 11.6 Å². The summed E-state index contributed by atoms with van der Waals surface area (Å²) in [7, 11) is 0. The van der Waals surface area contributed by atoms with Crippen LogP contribution in [-0.4, -0.2) is 16.6 Å². The van der Waals surface area contributed by atoms with Crippen molar-refractivity contribution in [1.29, 1.82) is 0 Å². The first-order valence-corrected chi connectivity index (χ1v) is 6.58. The van der Waals surface area contributed by atoms with Crippen LogP contribution in [0.5, 0.6) is 5.75 Å². The van der Waals surface area contributed by atoms with E-state index in [1.165, 1.54) is 0 Å². The highest BCUT2D eigenvalue weighted by molar-refractivity contribution is 7.09. The Bertz CT molecular complexity index is 453. The minimum atomic E-state index is 0.235. The van der Waals surface area contributed by atoms with Crippen LogP contribution in [0.4, 0.5) is 0 Å². The number of aromatic hydroxyl groups is 1. The van der Waals surface area contributed by atoms with Gasteiger partial charge in [-0.05, 0) is 12.1 Å². The van der Waals surface area contributed by atoms with Crippen molar-refractivity contribution in [2.45, 2.75) is 13.0 Å². The molecule has 2 aromatic rings. The summed E-state index contributed by atoms with van der Waals surface area (Å²) in [6, 6.07) is 5.15. The van der Waals surface area contributed by atoms with Gasteiger partial charge in [-0.15, -0.1) is 11.3 Å². The molecule has 2 rings (SSSR count). The second kappa shape index (κ2) is 6.00. The van der Waals surface area contributed by atoms with Gasteiger partial charge in [0.15, 0.2) is 0 Å². The molecule has 0 radical (unpaired) electrons. The van der Waals surface area contributed by atoms with Crippen LogP contribution in [0.3, 0.4) is 0 Å². The summed E-state index contributed by atoms with van der Waals surface area (Å²) in [5.41, 5.74) is 0.744. The molecule has 0 spiro atoms. The SMILES string of the molecule is Oc1cccc(Cl)c1CNCCc1nccs1. The van der Waals surface area contributed by atoms with E-state index in [0.29, 0.717) is 11.6 Å². The molecule has 17 heavy (non-hydrogen) atoms. The molecule has 0 unspecified atom stereocenters. The first-order valence-electron chi connectivity index (χ1n) is 5.33. The fourth-order valence-electron chi connectivity index (χ4n) is 1.51. The van der Waals surface area contributed by atoms with Crippen molar-refractivity contribution in [2.24, 2.45) is 0 Å². The van der Waals surface area contributed by atoms with E-state index in [1.807, 2.05) is 5.38 Å². The fourth-order valence-corrected chi connectivity index (χ4v) is 2.36. The topological polar surface area (TPSA) is 45.1 Å². The largest absolute Gasteiger partial charge is 0.508 e. The number of phenols is 1. The number of halogens is 1. The summed E-state index contributed by atoms with van der Waals surface area (Å²) in [6.07, 6.45) is 2.70. The van der Waals surface area contributed by atoms with Crippen molar-refractivity contribution >= 4 is 22.9 Å². The lowest BCUT2D eigenvalue weighted by Gasteiger charge is -2.07. The van der Waals surface area contributed by atoms with Gasteiger partial charge in [0.25, 0.3) is 0 Å². The van der Waals surface area contributed by atoms with Crippen molar-refractivity contribution in [3.63, 3.8) is 0 Å². The molecule has 1 aromatic heterocycles. The Hall–Kier alpha value is -1.10. The van der Waals surface area contributed by atoms with Gasteiger partial charge in [0.05, 0.1) is 5.01 Å². The third-order valence-corrected chi connectivity index (χ3v) is 3.59. The van der Waals surface area contributed by atoms with Crippen molar-refractivity contribution in [1.82, 2.24) is 10.3 Å². The molecule has 0 fully saturated rings. The quantitative estimate of drug-likeness (QED) is 0.820. The zero-order valence-electron chi connectivity index (χ0n) is 9.19. The van der Waals surface area contributed by atoms with Gasteiger partial charge >= 0.3 is 0 Å². The molecule has 0 aliphatic heterocycles. The molecule has 0 aliphatic rings. The fraction of sp³-hybridized carbons (Fsp3) is 0.250. The van der Waals surface area contributed by atoms with Gasteiger partial charge in [0.1, 0.15) is 5.75 Å². The molecule has 0 saturated heterocycles. The molecule has 2 N–H and O–H groups in total. The third kappa shape index (κ3) is 3.43. The predicted molar refractivity (Wildman–Crippen MR) is 70.6 cm³/mol. The average Bonchev–Trinajstić information content (AvgIpc) is 2.80. The van der Waals surface area contributed by atoms with Gasteiger partial charge in [0.2, 0.25) is 0 Å². The Labute approximate surface area is 109 Å². The highest BCUT2D eigenvalue weighted by Crippen LogP contribution is 2.24. The molecular formula is C12H13ClN2OS. The molecular weight excluding hydrogens is 256 g/mol. The molecule has 0 atom stereocenters. The highest BCUT2D eigenvalue weighted by atomic mass is 35.5. The number of nitrogens with zero attached hydrogens (tertiary/aromatic N) is 1. The number of thiazole rings is 1. The van der Waals surface area contributed by atoms with Crippen LogP contribution in [0.1, 0.15) is 10.6 Å². The molecule has 0 aliphatic carbocycles. The minimum absolute atomic E-state index is 0.235. The normalized spacial score (nSPS) is 10.6. The molecule has 0 amide bonds. The number of aromatic nitrogens is 1. The van der Waals surface area contributed by atoms with E-state index < -0.39 is 0 Å². The van der Waals surface area contributed by atoms with Crippen LogP contribution in [0.15, 0.2) is 29.8 Å². The molecule has 1 heterocycles. The monoisotopic (exact) mass is 268 g/mol. The molecule has 0 saturated carbocycles. The maximum Gasteiger partial charge on any atom is 0.121 e. The van der Waals surface area contributed by atoms with Crippen LogP contribution >= 0.6 is 22.9 Å². The van der Waals surface area contributed by atoms with Gasteiger partial charge in [-0.25, -0.2) is 4.98 Å². The van der Waals surface area contributed by atoms with Crippen LogP contribution in [0.25, 0.3) is 0 Å². The van der Waals surface area contributed by atoms with Gasteiger partial charge < -0.3 is 10.4 Å². The number of rotatable bonds is 5. The summed E-state index contributed by atoms with van der Waals surface area (Å²) < 4.78 is 0. The number of hydrogen-bond acceptors (Lipinski definition) is 4. The predicted octanol–water partition coefficient (Wildman–Crippen LogP) is 2.83. The maximum atomic E-state index is 9.64. The zero-order chi connectivity index (χ0) is 12.1. The van der Waals surface area contributed by atoms with E-state index in [0.717, 1.165) is 23.5 Å². The van der Waals surface area contributed by atoms with Gasteiger partial charge in [-0.1, -0.05) is 17.7 Å². The Morgan fingerprint density at radius 2 is 2.29 bits per heavy atom. The van der Waals surface area contributed by atoms with Gasteiger partial charge in [-0.2, -0.15) is 0 Å².